The number of nitrogens with two attached hydrogens (primary N) is 4. The first-order valence-corrected chi connectivity index (χ1v) is 26.1. The van der Waals surface area contributed by atoms with Crippen molar-refractivity contribution in [3.63, 3.8) is 0 Å². The highest BCUT2D eigenvalue weighted by Gasteiger charge is 2.35. The number of rotatable bonds is 39. The molecule has 0 heterocycles. The lowest BCUT2D eigenvalue weighted by Gasteiger charge is -2.27. The molecule has 436 valence electrons. The third-order valence-corrected chi connectivity index (χ3v) is 12.5. The maximum absolute atomic E-state index is 14.2. The second kappa shape index (κ2) is 36.1. The minimum Gasteiger partial charge on any atom is -0.481 e. The molecule has 0 spiro atoms. The Balaban J connectivity index is 2.42. The zero-order valence-electron chi connectivity index (χ0n) is 44.5. The number of amides is 9. The molecule has 0 bridgehead atoms. The molecule has 0 fully saturated rings. The molecule has 9 amide bonds. The van der Waals surface area contributed by atoms with Gasteiger partial charge in [0.1, 0.15) is 42.3 Å². The molecule has 0 saturated heterocycles. The van der Waals surface area contributed by atoms with E-state index in [2.05, 4.69) is 42.5 Å². The van der Waals surface area contributed by atoms with Crippen molar-refractivity contribution in [2.24, 2.45) is 28.9 Å². The molecule has 2 rings (SSSR count). The number of carboxylic acids is 3. The van der Waals surface area contributed by atoms with E-state index in [1.54, 1.807) is 74.5 Å². The average molecular weight is 1110 g/mol. The number of unbranched alkanes of at least 4 members (excludes halogenated alkanes) is 2. The van der Waals surface area contributed by atoms with Crippen molar-refractivity contribution in [2.45, 2.75) is 152 Å². The minimum absolute atomic E-state index is 0.0175. The highest BCUT2D eigenvalue weighted by atomic mass is 16.4. The Hall–Kier alpha value is -8.04. The van der Waals surface area contributed by atoms with Crippen molar-refractivity contribution >= 4 is 71.1 Å². The van der Waals surface area contributed by atoms with Crippen molar-refractivity contribution in [1.82, 2.24) is 42.5 Å². The van der Waals surface area contributed by atoms with E-state index >= 15 is 0 Å². The first-order chi connectivity index (χ1) is 37.5. The van der Waals surface area contributed by atoms with Crippen LogP contribution in [0, 0.1) is 5.92 Å². The van der Waals surface area contributed by atoms with E-state index < -0.39 is 164 Å². The number of hydrogen-bond donors (Lipinski definition) is 15. The summed E-state index contributed by atoms with van der Waals surface area (Å²) in [5.74, 6) is -13.7. The highest BCUT2D eigenvalue weighted by molar-refractivity contribution is 5.99. The molecule has 0 aliphatic carbocycles. The predicted octanol–water partition coefficient (Wildman–Crippen LogP) is -2.70. The van der Waals surface area contributed by atoms with E-state index in [9.17, 15) is 72.9 Å². The van der Waals surface area contributed by atoms with Crippen molar-refractivity contribution in [2.75, 3.05) is 19.6 Å². The monoisotopic (exact) mass is 1110 g/mol. The zero-order chi connectivity index (χ0) is 59.0. The average Bonchev–Trinajstić information content (AvgIpc) is 3.40. The fourth-order valence-corrected chi connectivity index (χ4v) is 7.84. The number of benzene rings is 2. The van der Waals surface area contributed by atoms with Gasteiger partial charge in [-0.25, -0.2) is 4.79 Å². The van der Waals surface area contributed by atoms with Crippen LogP contribution in [0.15, 0.2) is 60.7 Å². The molecular formula is C52H78N12O15. The number of aliphatic carboxylic acids is 3. The van der Waals surface area contributed by atoms with Crippen LogP contribution in [-0.2, 0) is 70.4 Å². The lowest BCUT2D eigenvalue weighted by molar-refractivity contribution is -0.144. The second-order valence-electron chi connectivity index (χ2n) is 18.9. The van der Waals surface area contributed by atoms with Gasteiger partial charge in [0.05, 0.1) is 19.0 Å². The number of carboxylic acid groups (broad SMARTS) is 3. The molecule has 2 aromatic rings. The van der Waals surface area contributed by atoms with E-state index in [-0.39, 0.29) is 32.2 Å². The standard InChI is InChI=1S/C52H78N12O15/c1-3-30(2)44(52(78)79)64-49(75)34(19-11-13-25-54)59-51(77)39(28-40(56)65)63-48(74)36(21-23-43(69)70)60-47(73)35(20-22-42(67)68)61-50(76)38(27-32-16-8-5-9-17-32)58-41(66)29-57-46(72)37(26-31-14-6-4-7-15-31)62-45(71)33(55)18-10-12-24-53/h4-9,14-17,30,33-39,44H,3,10-13,18-29,53-55H2,1-2H3,(H2,56,65)(H,57,72)(H,58,66)(H,59,77)(H,60,73)(H,61,76)(H,62,71)(H,63,74)(H,64,75)(H,67,68)(H,69,70)(H,78,79)/t30-,33-,34-,35-,36-,37-,38-,39-,44-/m0/s1. The van der Waals surface area contributed by atoms with Gasteiger partial charge < -0.3 is 80.8 Å². The zero-order valence-corrected chi connectivity index (χ0v) is 44.5. The van der Waals surface area contributed by atoms with E-state index in [0.29, 0.717) is 49.8 Å². The van der Waals surface area contributed by atoms with Crippen molar-refractivity contribution in [3.05, 3.63) is 71.8 Å². The second-order valence-corrected chi connectivity index (χ2v) is 18.9. The van der Waals surface area contributed by atoms with E-state index in [0.717, 1.165) is 0 Å². The Labute approximate surface area is 457 Å². The lowest BCUT2D eigenvalue weighted by atomic mass is 9.98. The maximum atomic E-state index is 14.2. The molecule has 0 unspecified atom stereocenters. The van der Waals surface area contributed by atoms with Crippen LogP contribution in [0.25, 0.3) is 0 Å². The fraction of sp³-hybridized carbons (Fsp3) is 0.538. The van der Waals surface area contributed by atoms with Crippen LogP contribution < -0.4 is 65.5 Å². The first kappa shape index (κ1) is 67.1. The molecule has 79 heavy (non-hydrogen) atoms. The molecule has 2 aromatic carbocycles. The molecule has 9 atom stereocenters. The molecule has 0 radical (unpaired) electrons. The Kier molecular flexibility index (Phi) is 30.7. The Morgan fingerprint density at radius 3 is 1.34 bits per heavy atom. The van der Waals surface area contributed by atoms with Gasteiger partial charge in [0, 0.05) is 25.7 Å². The van der Waals surface area contributed by atoms with Crippen LogP contribution in [-0.4, -0.2) is 154 Å². The molecular weight excluding hydrogens is 1030 g/mol. The minimum atomic E-state index is -1.86. The topological polar surface area (TPSA) is 466 Å². The van der Waals surface area contributed by atoms with Crippen LogP contribution in [0.5, 0.6) is 0 Å². The summed E-state index contributed by atoms with van der Waals surface area (Å²) in [4.78, 5) is 158. The van der Waals surface area contributed by atoms with Crippen molar-refractivity contribution < 1.29 is 72.9 Å². The Bertz CT molecular complexity index is 2360. The van der Waals surface area contributed by atoms with E-state index in [1.807, 2.05) is 0 Å². The van der Waals surface area contributed by atoms with Crippen molar-refractivity contribution in [3.8, 4) is 0 Å². The van der Waals surface area contributed by atoms with Gasteiger partial charge in [-0.05, 0) is 75.1 Å². The smallest absolute Gasteiger partial charge is 0.326 e. The van der Waals surface area contributed by atoms with Gasteiger partial charge in [0.15, 0.2) is 0 Å². The first-order valence-electron chi connectivity index (χ1n) is 26.1. The lowest BCUT2D eigenvalue weighted by Crippen LogP contribution is -2.60. The third kappa shape index (κ3) is 26.2. The summed E-state index contributed by atoms with van der Waals surface area (Å²) >= 11 is 0. The van der Waals surface area contributed by atoms with Crippen LogP contribution in [0.4, 0.5) is 0 Å². The molecule has 0 aliphatic rings. The number of hydrogen-bond acceptors (Lipinski definition) is 15. The number of carbonyl (C=O) groups is 12. The molecule has 19 N–H and O–H groups in total. The largest absolute Gasteiger partial charge is 0.481 e. The molecule has 27 nitrogen and oxygen atoms in total. The van der Waals surface area contributed by atoms with Gasteiger partial charge in [-0.15, -0.1) is 0 Å². The fourth-order valence-electron chi connectivity index (χ4n) is 7.84. The molecule has 0 saturated carbocycles. The summed E-state index contributed by atoms with van der Waals surface area (Å²) in [7, 11) is 0. The maximum Gasteiger partial charge on any atom is 0.326 e. The van der Waals surface area contributed by atoms with Gasteiger partial charge in [0.25, 0.3) is 0 Å². The highest BCUT2D eigenvalue weighted by Crippen LogP contribution is 2.12. The van der Waals surface area contributed by atoms with Gasteiger partial charge >= 0.3 is 17.9 Å². The summed E-state index contributed by atoms with van der Waals surface area (Å²) in [6, 6.07) is 4.99. The molecule has 0 aliphatic heterocycles. The predicted molar refractivity (Wildman–Crippen MR) is 285 cm³/mol. The van der Waals surface area contributed by atoms with Gasteiger partial charge in [0.2, 0.25) is 53.2 Å². The summed E-state index contributed by atoms with van der Waals surface area (Å²) in [5, 5.41) is 48.3. The van der Waals surface area contributed by atoms with Gasteiger partial charge in [-0.1, -0.05) is 87.4 Å². The summed E-state index contributed by atoms with van der Waals surface area (Å²) in [6.45, 7) is 3.19. The van der Waals surface area contributed by atoms with Gasteiger partial charge in [-0.2, -0.15) is 0 Å². The van der Waals surface area contributed by atoms with E-state index in [4.69, 9.17) is 22.9 Å². The third-order valence-electron chi connectivity index (χ3n) is 12.5. The van der Waals surface area contributed by atoms with E-state index in [1.165, 1.54) is 0 Å². The summed E-state index contributed by atoms with van der Waals surface area (Å²) < 4.78 is 0. The van der Waals surface area contributed by atoms with Crippen LogP contribution in [0.3, 0.4) is 0 Å². The van der Waals surface area contributed by atoms with Crippen LogP contribution in [0.2, 0.25) is 0 Å². The number of carbonyl (C=O) groups excluding carboxylic acids is 9. The molecule has 27 heteroatoms. The summed E-state index contributed by atoms with van der Waals surface area (Å²) in [6.07, 6.45) is -1.41. The van der Waals surface area contributed by atoms with Crippen molar-refractivity contribution in [1.29, 1.82) is 0 Å². The number of primary amides is 1. The van der Waals surface area contributed by atoms with Crippen LogP contribution >= 0.6 is 0 Å². The normalized spacial score (nSPS) is 14.3. The summed E-state index contributed by atoms with van der Waals surface area (Å²) in [5.41, 5.74) is 23.9. The Morgan fingerprint density at radius 2 is 0.899 bits per heavy atom. The SMILES string of the molecule is CC[C@H](C)[C@H](NC(=O)[C@H](CCCCN)NC(=O)[C@H](CC(N)=O)NC(=O)[C@H](CCC(=O)O)NC(=O)[C@H](CCC(=O)O)NC(=O)[C@H](Cc1ccccc1)NC(=O)CNC(=O)[C@H](Cc1ccccc1)NC(=O)[C@@H](N)CCCCN)C(=O)O. The van der Waals surface area contributed by atoms with Gasteiger partial charge in [-0.3, -0.25) is 52.7 Å². The van der Waals surface area contributed by atoms with Crippen LogP contribution in [0.1, 0.15) is 102 Å². The number of nitrogens with one attached hydrogen (secondary N) is 8. The Morgan fingerprint density at radius 1 is 0.494 bits per heavy atom. The quantitative estimate of drug-likeness (QED) is 0.0303. The molecule has 0 aromatic heterocycles.